The molecule has 1 N–H and O–H groups in total. The number of benzene rings is 3. The maximum absolute atomic E-state index is 12.8. The Morgan fingerprint density at radius 2 is 1.81 bits per heavy atom. The van der Waals surface area contributed by atoms with Crippen molar-refractivity contribution < 1.29 is 18.7 Å². The van der Waals surface area contributed by atoms with Gasteiger partial charge in [0.15, 0.2) is 17.1 Å². The van der Waals surface area contributed by atoms with Gasteiger partial charge >= 0.3 is 0 Å². The van der Waals surface area contributed by atoms with Crippen LogP contribution in [-0.4, -0.2) is 24.1 Å². The first-order valence-corrected chi connectivity index (χ1v) is 10.2. The molecule has 2 heterocycles. The number of hydrogen-bond acceptors (Lipinski definition) is 5. The van der Waals surface area contributed by atoms with Gasteiger partial charge in [0.1, 0.15) is 18.7 Å². The van der Waals surface area contributed by atoms with Gasteiger partial charge in [0.2, 0.25) is 5.89 Å². The second-order valence-corrected chi connectivity index (χ2v) is 7.86. The molecule has 1 amide bonds. The Morgan fingerprint density at radius 1 is 1.00 bits per heavy atom. The molecule has 0 aliphatic carbocycles. The quantitative estimate of drug-likeness (QED) is 0.442. The predicted octanol–water partition coefficient (Wildman–Crippen LogP) is 5.79. The van der Waals surface area contributed by atoms with Crippen molar-refractivity contribution >= 4 is 34.3 Å². The molecule has 7 heteroatoms. The Labute approximate surface area is 183 Å². The van der Waals surface area contributed by atoms with E-state index in [1.54, 1.807) is 30.3 Å². The minimum atomic E-state index is -0.306. The van der Waals surface area contributed by atoms with Gasteiger partial charge in [-0.1, -0.05) is 17.7 Å². The van der Waals surface area contributed by atoms with Crippen molar-refractivity contribution in [2.24, 2.45) is 0 Å². The number of halogens is 1. The summed E-state index contributed by atoms with van der Waals surface area (Å²) in [5, 5.41) is 3.28. The van der Waals surface area contributed by atoms with Gasteiger partial charge < -0.3 is 19.2 Å². The van der Waals surface area contributed by atoms with Crippen LogP contribution in [0.4, 0.5) is 5.69 Å². The first kappa shape index (κ1) is 19.5. The van der Waals surface area contributed by atoms with Gasteiger partial charge in [0.05, 0.1) is 10.7 Å². The molecule has 156 valence electrons. The summed E-state index contributed by atoms with van der Waals surface area (Å²) in [4.78, 5) is 17.4. The van der Waals surface area contributed by atoms with Crippen LogP contribution in [0.5, 0.6) is 11.5 Å². The van der Waals surface area contributed by atoms with Gasteiger partial charge in [-0.25, -0.2) is 4.98 Å². The van der Waals surface area contributed by atoms with Gasteiger partial charge in [0, 0.05) is 11.1 Å². The maximum Gasteiger partial charge on any atom is 0.255 e. The van der Waals surface area contributed by atoms with Crippen LogP contribution in [0.2, 0.25) is 5.02 Å². The molecule has 1 aliphatic rings. The summed E-state index contributed by atoms with van der Waals surface area (Å²) < 4.78 is 17.1. The van der Waals surface area contributed by atoms with Crippen molar-refractivity contribution in [2.45, 2.75) is 13.8 Å². The van der Waals surface area contributed by atoms with Crippen molar-refractivity contribution in [1.82, 2.24) is 4.98 Å². The van der Waals surface area contributed by atoms with Crippen LogP contribution in [0.3, 0.4) is 0 Å². The lowest BCUT2D eigenvalue weighted by molar-refractivity contribution is 0.102. The van der Waals surface area contributed by atoms with Gasteiger partial charge in [-0.15, -0.1) is 0 Å². The average molecular weight is 435 g/mol. The SMILES string of the molecule is Cc1cc(C)c2oc(-c3ccc(Cl)c(NC(=O)c4ccc5c(c4)OCCO5)c3)nc2c1. The minimum Gasteiger partial charge on any atom is -0.486 e. The summed E-state index contributed by atoms with van der Waals surface area (Å²) >= 11 is 6.34. The first-order chi connectivity index (χ1) is 15.0. The zero-order chi connectivity index (χ0) is 21.5. The Bertz CT molecular complexity index is 1330. The highest BCUT2D eigenvalue weighted by Gasteiger charge is 2.17. The number of amides is 1. The minimum absolute atomic E-state index is 0.306. The highest BCUT2D eigenvalue weighted by Crippen LogP contribution is 2.33. The largest absolute Gasteiger partial charge is 0.486 e. The van der Waals surface area contributed by atoms with Crippen LogP contribution in [-0.2, 0) is 0 Å². The highest BCUT2D eigenvalue weighted by molar-refractivity contribution is 6.34. The zero-order valence-corrected chi connectivity index (χ0v) is 17.7. The third-order valence-electron chi connectivity index (χ3n) is 5.09. The number of anilines is 1. The van der Waals surface area contributed by atoms with Crippen LogP contribution in [0.15, 0.2) is 52.9 Å². The van der Waals surface area contributed by atoms with E-state index < -0.39 is 0 Å². The lowest BCUT2D eigenvalue weighted by atomic mass is 10.1. The third-order valence-corrected chi connectivity index (χ3v) is 5.42. The highest BCUT2D eigenvalue weighted by atomic mass is 35.5. The maximum atomic E-state index is 12.8. The molecule has 1 aromatic heterocycles. The average Bonchev–Trinajstić information content (AvgIpc) is 3.19. The number of rotatable bonds is 3. The Kier molecular flexibility index (Phi) is 4.79. The summed E-state index contributed by atoms with van der Waals surface area (Å²) in [7, 11) is 0. The summed E-state index contributed by atoms with van der Waals surface area (Å²) in [6.45, 7) is 4.96. The number of ether oxygens (including phenoxy) is 2. The molecule has 0 saturated carbocycles. The molecule has 0 fully saturated rings. The number of fused-ring (bicyclic) bond motifs is 2. The molecule has 0 spiro atoms. The predicted molar refractivity (Wildman–Crippen MR) is 119 cm³/mol. The van der Waals surface area contributed by atoms with E-state index in [4.69, 9.17) is 25.5 Å². The fourth-order valence-electron chi connectivity index (χ4n) is 3.63. The van der Waals surface area contributed by atoms with E-state index in [1.807, 2.05) is 26.0 Å². The molecule has 0 atom stereocenters. The molecular formula is C24H19ClN2O4. The lowest BCUT2D eigenvalue weighted by Crippen LogP contribution is -2.17. The van der Waals surface area contributed by atoms with Crippen LogP contribution >= 0.6 is 11.6 Å². The molecule has 0 saturated heterocycles. The van der Waals surface area contributed by atoms with Crippen molar-refractivity contribution in [3.63, 3.8) is 0 Å². The Morgan fingerprint density at radius 3 is 2.65 bits per heavy atom. The fraction of sp³-hybridized carbons (Fsp3) is 0.167. The molecule has 3 aromatic carbocycles. The summed E-state index contributed by atoms with van der Waals surface area (Å²) in [5.74, 6) is 1.34. The second kappa shape index (κ2) is 7.63. The lowest BCUT2D eigenvalue weighted by Gasteiger charge is -2.18. The number of nitrogens with one attached hydrogen (secondary N) is 1. The summed E-state index contributed by atoms with van der Waals surface area (Å²) in [6, 6.07) is 14.4. The van der Waals surface area contributed by atoms with Crippen LogP contribution < -0.4 is 14.8 Å². The van der Waals surface area contributed by atoms with Crippen molar-refractivity contribution in [1.29, 1.82) is 0 Å². The number of nitrogens with zero attached hydrogens (tertiary/aromatic N) is 1. The molecule has 31 heavy (non-hydrogen) atoms. The van der Waals surface area contributed by atoms with Gasteiger partial charge in [-0.05, 0) is 67.4 Å². The van der Waals surface area contributed by atoms with E-state index in [0.717, 1.165) is 27.8 Å². The Balaban J connectivity index is 1.45. The monoisotopic (exact) mass is 434 g/mol. The van der Waals surface area contributed by atoms with Crippen LogP contribution in [0, 0.1) is 13.8 Å². The number of hydrogen-bond donors (Lipinski definition) is 1. The summed E-state index contributed by atoms with van der Waals surface area (Å²) in [6.07, 6.45) is 0. The number of aromatic nitrogens is 1. The van der Waals surface area contributed by atoms with E-state index in [2.05, 4.69) is 16.4 Å². The molecular weight excluding hydrogens is 416 g/mol. The van der Waals surface area contributed by atoms with Crippen LogP contribution in [0.1, 0.15) is 21.5 Å². The number of carbonyl (C=O) groups is 1. The second-order valence-electron chi connectivity index (χ2n) is 7.46. The van der Waals surface area contributed by atoms with E-state index in [0.29, 0.717) is 46.9 Å². The van der Waals surface area contributed by atoms with Crippen LogP contribution in [0.25, 0.3) is 22.6 Å². The van der Waals surface area contributed by atoms with E-state index in [9.17, 15) is 4.79 Å². The van der Waals surface area contributed by atoms with Crippen molar-refractivity contribution in [3.05, 3.63) is 70.2 Å². The number of oxazole rings is 1. The van der Waals surface area contributed by atoms with Gasteiger partial charge in [-0.3, -0.25) is 4.79 Å². The van der Waals surface area contributed by atoms with Crippen molar-refractivity contribution in [2.75, 3.05) is 18.5 Å². The molecule has 4 aromatic rings. The molecule has 0 bridgehead atoms. The molecule has 5 rings (SSSR count). The summed E-state index contributed by atoms with van der Waals surface area (Å²) in [5.41, 5.74) is 5.31. The first-order valence-electron chi connectivity index (χ1n) is 9.86. The molecule has 0 unspecified atom stereocenters. The third kappa shape index (κ3) is 3.70. The fourth-order valence-corrected chi connectivity index (χ4v) is 3.80. The standard InChI is InChI=1S/C24H19ClN2O4/c1-13-9-14(2)22-19(10-13)27-24(31-22)16-3-5-17(25)18(11-16)26-23(28)15-4-6-20-21(12-15)30-8-7-29-20/h3-6,9-12H,7-8H2,1-2H3,(H,26,28). The molecule has 0 radical (unpaired) electrons. The molecule has 1 aliphatic heterocycles. The number of aryl methyl sites for hydroxylation is 2. The van der Waals surface area contributed by atoms with E-state index in [-0.39, 0.29) is 5.91 Å². The van der Waals surface area contributed by atoms with Gasteiger partial charge in [0.25, 0.3) is 5.91 Å². The Hall–Kier alpha value is -3.51. The van der Waals surface area contributed by atoms with Crippen molar-refractivity contribution in [3.8, 4) is 23.0 Å². The zero-order valence-electron chi connectivity index (χ0n) is 17.0. The normalized spacial score (nSPS) is 12.7. The molecule has 6 nitrogen and oxygen atoms in total. The topological polar surface area (TPSA) is 73.6 Å². The smallest absolute Gasteiger partial charge is 0.255 e. The van der Waals surface area contributed by atoms with Gasteiger partial charge in [-0.2, -0.15) is 0 Å². The van der Waals surface area contributed by atoms with E-state index in [1.165, 1.54) is 0 Å². The number of carbonyl (C=O) groups excluding carboxylic acids is 1. The van der Waals surface area contributed by atoms with E-state index >= 15 is 0 Å².